The number of carboxylic acids is 1. The first kappa shape index (κ1) is 16.2. The van der Waals surface area contributed by atoms with Crippen LogP contribution < -0.4 is 5.32 Å². The van der Waals surface area contributed by atoms with Crippen molar-refractivity contribution in [2.24, 2.45) is 0 Å². The zero-order valence-electron chi connectivity index (χ0n) is 13.3. The average molecular weight is 327 g/mol. The van der Waals surface area contributed by atoms with Crippen LogP contribution in [-0.2, 0) is 10.2 Å². The van der Waals surface area contributed by atoms with Gasteiger partial charge in [0.1, 0.15) is 5.82 Å². The zero-order chi connectivity index (χ0) is 17.3. The van der Waals surface area contributed by atoms with E-state index in [-0.39, 0.29) is 17.3 Å². The lowest BCUT2D eigenvalue weighted by Gasteiger charge is -2.40. The zero-order valence-corrected chi connectivity index (χ0v) is 13.3. The number of aryl methyl sites for hydroxylation is 1. The Bertz CT molecular complexity index is 812. The second-order valence-corrected chi connectivity index (χ2v) is 6.23. The molecule has 1 aliphatic rings. The quantitative estimate of drug-likeness (QED) is 0.895. The lowest BCUT2D eigenvalue weighted by Crippen LogP contribution is -2.46. The van der Waals surface area contributed by atoms with Gasteiger partial charge >= 0.3 is 5.97 Å². The molecule has 0 spiro atoms. The topological polar surface area (TPSA) is 66.4 Å². The summed E-state index contributed by atoms with van der Waals surface area (Å²) in [4.78, 5) is 23.9. The van der Waals surface area contributed by atoms with Gasteiger partial charge in [0.15, 0.2) is 0 Å². The first-order chi connectivity index (χ1) is 11.4. The number of carboxylic acid groups (broad SMARTS) is 1. The molecular formula is C19H18FNO3. The number of halogens is 1. The number of carbonyl (C=O) groups is 2. The van der Waals surface area contributed by atoms with Crippen LogP contribution in [-0.4, -0.2) is 17.0 Å². The molecule has 0 atom stereocenters. The Morgan fingerprint density at radius 1 is 1.17 bits per heavy atom. The predicted octanol–water partition coefficient (Wildman–Crippen LogP) is 3.89. The van der Waals surface area contributed by atoms with Crippen molar-refractivity contribution >= 4 is 17.6 Å². The van der Waals surface area contributed by atoms with Gasteiger partial charge in [-0.15, -0.1) is 0 Å². The largest absolute Gasteiger partial charge is 0.478 e. The molecule has 4 nitrogen and oxygen atoms in total. The van der Waals surface area contributed by atoms with Crippen LogP contribution in [0.3, 0.4) is 0 Å². The third-order valence-corrected chi connectivity index (χ3v) is 4.73. The van der Waals surface area contributed by atoms with Crippen LogP contribution in [0.25, 0.3) is 0 Å². The van der Waals surface area contributed by atoms with Crippen molar-refractivity contribution in [2.75, 3.05) is 5.32 Å². The number of hydrogen-bond donors (Lipinski definition) is 2. The maximum Gasteiger partial charge on any atom is 0.335 e. The Hall–Kier alpha value is -2.69. The maximum atomic E-state index is 13.5. The molecule has 0 saturated heterocycles. The number of nitrogens with one attached hydrogen (secondary N) is 1. The highest BCUT2D eigenvalue weighted by Gasteiger charge is 2.45. The number of rotatable bonds is 4. The summed E-state index contributed by atoms with van der Waals surface area (Å²) in [5.41, 5.74) is 1.31. The number of amides is 1. The van der Waals surface area contributed by atoms with Crippen molar-refractivity contribution in [3.63, 3.8) is 0 Å². The minimum atomic E-state index is -0.999. The summed E-state index contributed by atoms with van der Waals surface area (Å²) in [6, 6.07) is 10.9. The third-order valence-electron chi connectivity index (χ3n) is 4.73. The summed E-state index contributed by atoms with van der Waals surface area (Å²) in [6.07, 6.45) is 2.27. The van der Waals surface area contributed by atoms with Gasteiger partial charge in [0.25, 0.3) is 0 Å². The fourth-order valence-corrected chi connectivity index (χ4v) is 3.20. The van der Waals surface area contributed by atoms with Gasteiger partial charge in [0.2, 0.25) is 5.91 Å². The van der Waals surface area contributed by atoms with Gasteiger partial charge in [-0.05, 0) is 61.2 Å². The molecule has 2 N–H and O–H groups in total. The van der Waals surface area contributed by atoms with E-state index in [9.17, 15) is 14.0 Å². The highest BCUT2D eigenvalue weighted by Crippen LogP contribution is 2.44. The number of benzene rings is 2. The van der Waals surface area contributed by atoms with Crippen molar-refractivity contribution in [1.29, 1.82) is 0 Å². The van der Waals surface area contributed by atoms with E-state index in [2.05, 4.69) is 5.32 Å². The number of carbonyl (C=O) groups excluding carboxylic acids is 1. The van der Waals surface area contributed by atoms with E-state index < -0.39 is 11.4 Å². The van der Waals surface area contributed by atoms with Gasteiger partial charge < -0.3 is 10.4 Å². The first-order valence-corrected chi connectivity index (χ1v) is 7.84. The molecule has 24 heavy (non-hydrogen) atoms. The molecule has 2 aromatic rings. The molecule has 0 unspecified atom stereocenters. The minimum absolute atomic E-state index is 0.179. The molecule has 1 amide bonds. The van der Waals surface area contributed by atoms with E-state index in [1.54, 1.807) is 31.2 Å². The molecule has 124 valence electrons. The monoisotopic (exact) mass is 327 g/mol. The van der Waals surface area contributed by atoms with Crippen LogP contribution in [0, 0.1) is 12.7 Å². The molecule has 1 saturated carbocycles. The molecule has 1 fully saturated rings. The fourth-order valence-electron chi connectivity index (χ4n) is 3.20. The molecule has 5 heteroatoms. The summed E-state index contributed by atoms with van der Waals surface area (Å²) < 4.78 is 13.5. The molecule has 2 aromatic carbocycles. The van der Waals surface area contributed by atoms with Gasteiger partial charge in [-0.1, -0.05) is 18.6 Å². The first-order valence-electron chi connectivity index (χ1n) is 7.84. The third kappa shape index (κ3) is 2.77. The smallest absolute Gasteiger partial charge is 0.335 e. The summed E-state index contributed by atoms with van der Waals surface area (Å²) in [6.45, 7) is 1.69. The van der Waals surface area contributed by atoms with Crippen LogP contribution in [0.2, 0.25) is 0 Å². The summed E-state index contributed by atoms with van der Waals surface area (Å²) in [5, 5.41) is 11.9. The molecule has 0 aromatic heterocycles. The number of hydrogen-bond acceptors (Lipinski definition) is 2. The van der Waals surface area contributed by atoms with Crippen molar-refractivity contribution in [3.8, 4) is 0 Å². The molecule has 1 aliphatic carbocycles. The maximum absolute atomic E-state index is 13.5. The van der Waals surface area contributed by atoms with E-state index in [1.165, 1.54) is 18.2 Å². The highest BCUT2D eigenvalue weighted by molar-refractivity contribution is 6.00. The Kier molecular flexibility index (Phi) is 4.09. The lowest BCUT2D eigenvalue weighted by atomic mass is 9.63. The minimum Gasteiger partial charge on any atom is -0.478 e. The molecule has 0 bridgehead atoms. The normalized spacial score (nSPS) is 15.4. The molecule has 3 rings (SSSR count). The second-order valence-electron chi connectivity index (χ2n) is 6.23. The van der Waals surface area contributed by atoms with Gasteiger partial charge in [0.05, 0.1) is 11.0 Å². The molecule has 0 aliphatic heterocycles. The fraction of sp³-hybridized carbons (Fsp3) is 0.263. The van der Waals surface area contributed by atoms with Crippen LogP contribution in [0.5, 0.6) is 0 Å². The predicted molar refractivity (Wildman–Crippen MR) is 88.7 cm³/mol. The van der Waals surface area contributed by atoms with Gasteiger partial charge in [-0.25, -0.2) is 9.18 Å². The van der Waals surface area contributed by atoms with E-state index in [1.807, 2.05) is 0 Å². The van der Waals surface area contributed by atoms with Crippen LogP contribution in [0.15, 0.2) is 42.5 Å². The highest BCUT2D eigenvalue weighted by atomic mass is 19.1. The summed E-state index contributed by atoms with van der Waals surface area (Å²) in [5.74, 6) is -1.53. The van der Waals surface area contributed by atoms with Crippen LogP contribution in [0.1, 0.15) is 40.7 Å². The molecular weight excluding hydrogens is 309 g/mol. The molecule has 0 radical (unpaired) electrons. The second kappa shape index (κ2) is 6.07. The van der Waals surface area contributed by atoms with Crippen molar-refractivity contribution in [3.05, 3.63) is 65.0 Å². The summed E-state index contributed by atoms with van der Waals surface area (Å²) in [7, 11) is 0. The van der Waals surface area contributed by atoms with Crippen molar-refractivity contribution in [1.82, 2.24) is 0 Å². The van der Waals surface area contributed by atoms with E-state index in [4.69, 9.17) is 5.11 Å². The number of aromatic carboxylic acids is 1. The Morgan fingerprint density at radius 2 is 1.92 bits per heavy atom. The van der Waals surface area contributed by atoms with Gasteiger partial charge in [-0.2, -0.15) is 0 Å². The van der Waals surface area contributed by atoms with E-state index in [0.717, 1.165) is 6.42 Å². The standard InChI is InChI=1S/C19H18FNO3/c1-12-10-15(6-7-16(12)17(22)23)21-18(24)19(8-3-9-19)13-4-2-5-14(20)11-13/h2,4-7,10-11H,3,8-9H2,1H3,(H,21,24)(H,22,23). The van der Waals surface area contributed by atoms with Gasteiger partial charge in [-0.3, -0.25) is 4.79 Å². The van der Waals surface area contributed by atoms with E-state index in [0.29, 0.717) is 29.7 Å². The Balaban J connectivity index is 1.86. The van der Waals surface area contributed by atoms with Crippen LogP contribution >= 0.6 is 0 Å². The SMILES string of the molecule is Cc1cc(NC(=O)C2(c3cccc(F)c3)CCC2)ccc1C(=O)O. The Morgan fingerprint density at radius 3 is 2.46 bits per heavy atom. The summed E-state index contributed by atoms with van der Waals surface area (Å²) >= 11 is 0. The average Bonchev–Trinajstić information content (AvgIpc) is 2.45. The molecule has 0 heterocycles. The van der Waals surface area contributed by atoms with Gasteiger partial charge in [0, 0.05) is 5.69 Å². The van der Waals surface area contributed by atoms with Crippen molar-refractivity contribution < 1.29 is 19.1 Å². The Labute approximate surface area is 139 Å². The van der Waals surface area contributed by atoms with E-state index >= 15 is 0 Å². The van der Waals surface area contributed by atoms with Crippen LogP contribution in [0.4, 0.5) is 10.1 Å². The lowest BCUT2D eigenvalue weighted by molar-refractivity contribution is -0.124. The van der Waals surface area contributed by atoms with Crippen molar-refractivity contribution in [2.45, 2.75) is 31.6 Å². The number of anilines is 1.